The lowest BCUT2D eigenvalue weighted by molar-refractivity contribution is -0.131. The van der Waals surface area contributed by atoms with Gasteiger partial charge in [0, 0.05) is 13.1 Å². The molecule has 0 aromatic rings. The van der Waals surface area contributed by atoms with E-state index < -0.39 is 0 Å². The monoisotopic (exact) mass is 172 g/mol. The Hall–Kier alpha value is -0.610. The number of likely N-dealkylation sites (N-methyl/N-ethyl adjacent to an activating group) is 2. The van der Waals surface area contributed by atoms with Gasteiger partial charge in [-0.05, 0) is 14.0 Å². The van der Waals surface area contributed by atoms with E-state index in [4.69, 9.17) is 4.74 Å². The number of rotatable bonds is 2. The summed E-state index contributed by atoms with van der Waals surface area (Å²) in [6.45, 7) is 4.68. The molecule has 1 aliphatic rings. The molecule has 70 valence electrons. The van der Waals surface area contributed by atoms with Gasteiger partial charge in [0.1, 0.15) is 6.04 Å². The number of hydrogen-bond acceptors (Lipinski definition) is 3. The summed E-state index contributed by atoms with van der Waals surface area (Å²) in [6, 6.07) is -0.0984. The van der Waals surface area contributed by atoms with Crippen molar-refractivity contribution in [2.75, 3.05) is 33.4 Å². The van der Waals surface area contributed by atoms with E-state index in [1.807, 2.05) is 18.9 Å². The van der Waals surface area contributed by atoms with Crippen molar-refractivity contribution in [2.45, 2.75) is 13.0 Å². The summed E-state index contributed by atoms with van der Waals surface area (Å²) in [5.41, 5.74) is 0. The van der Waals surface area contributed by atoms with Gasteiger partial charge in [-0.2, -0.15) is 0 Å². The van der Waals surface area contributed by atoms with E-state index in [9.17, 15) is 4.79 Å². The van der Waals surface area contributed by atoms with Crippen LogP contribution >= 0.6 is 0 Å². The Morgan fingerprint density at radius 1 is 1.75 bits per heavy atom. The Morgan fingerprint density at radius 3 is 3.08 bits per heavy atom. The SMILES string of the molecule is CCNC(=O)C1COCCN1C. The van der Waals surface area contributed by atoms with Crippen LogP contribution in [-0.2, 0) is 9.53 Å². The highest BCUT2D eigenvalue weighted by Gasteiger charge is 2.25. The number of nitrogens with zero attached hydrogens (tertiary/aromatic N) is 1. The van der Waals surface area contributed by atoms with Crippen LogP contribution in [0.25, 0.3) is 0 Å². The quantitative estimate of drug-likeness (QED) is 0.608. The first kappa shape index (κ1) is 9.48. The normalized spacial score (nSPS) is 25.3. The number of carbonyl (C=O) groups excluding carboxylic acids is 1. The molecule has 4 nitrogen and oxygen atoms in total. The topological polar surface area (TPSA) is 41.6 Å². The minimum absolute atomic E-state index is 0.0692. The Labute approximate surface area is 72.9 Å². The van der Waals surface area contributed by atoms with Gasteiger partial charge in [0.15, 0.2) is 0 Å². The third-order valence-corrected chi connectivity index (χ3v) is 2.05. The van der Waals surface area contributed by atoms with Crippen molar-refractivity contribution in [3.63, 3.8) is 0 Å². The number of hydrogen-bond donors (Lipinski definition) is 1. The number of ether oxygens (including phenoxy) is 1. The van der Waals surface area contributed by atoms with E-state index in [1.165, 1.54) is 0 Å². The molecule has 12 heavy (non-hydrogen) atoms. The van der Waals surface area contributed by atoms with Gasteiger partial charge < -0.3 is 10.1 Å². The van der Waals surface area contributed by atoms with E-state index in [1.54, 1.807) is 0 Å². The lowest BCUT2D eigenvalue weighted by atomic mass is 10.2. The minimum Gasteiger partial charge on any atom is -0.378 e. The summed E-state index contributed by atoms with van der Waals surface area (Å²) in [6.07, 6.45) is 0. The van der Waals surface area contributed by atoms with Crippen molar-refractivity contribution in [3.05, 3.63) is 0 Å². The molecule has 0 aliphatic carbocycles. The number of nitrogens with one attached hydrogen (secondary N) is 1. The summed E-state index contributed by atoms with van der Waals surface area (Å²) in [5, 5.41) is 2.79. The van der Waals surface area contributed by atoms with Crippen molar-refractivity contribution in [3.8, 4) is 0 Å². The van der Waals surface area contributed by atoms with Crippen LogP contribution in [0.5, 0.6) is 0 Å². The average molecular weight is 172 g/mol. The van der Waals surface area contributed by atoms with E-state index in [0.717, 1.165) is 13.2 Å². The number of amides is 1. The third kappa shape index (κ3) is 2.19. The zero-order valence-corrected chi connectivity index (χ0v) is 7.67. The summed E-state index contributed by atoms with van der Waals surface area (Å²) >= 11 is 0. The first-order chi connectivity index (χ1) is 5.75. The highest BCUT2D eigenvalue weighted by Crippen LogP contribution is 2.03. The van der Waals surface area contributed by atoms with E-state index in [-0.39, 0.29) is 11.9 Å². The zero-order valence-electron chi connectivity index (χ0n) is 7.67. The molecule has 1 saturated heterocycles. The van der Waals surface area contributed by atoms with Gasteiger partial charge in [0.05, 0.1) is 13.2 Å². The standard InChI is InChI=1S/C8H16N2O2/c1-3-9-8(11)7-6-12-5-4-10(7)2/h7H,3-6H2,1-2H3,(H,9,11). The maximum atomic E-state index is 11.4. The van der Waals surface area contributed by atoms with Crippen LogP contribution in [0.15, 0.2) is 0 Å². The molecule has 0 bridgehead atoms. The van der Waals surface area contributed by atoms with Gasteiger partial charge in [-0.15, -0.1) is 0 Å². The fourth-order valence-corrected chi connectivity index (χ4v) is 1.25. The average Bonchev–Trinajstić information content (AvgIpc) is 2.05. The zero-order chi connectivity index (χ0) is 8.97. The molecule has 1 N–H and O–H groups in total. The van der Waals surface area contributed by atoms with Gasteiger partial charge in [0.2, 0.25) is 5.91 Å². The van der Waals surface area contributed by atoms with Crippen molar-refractivity contribution in [2.24, 2.45) is 0 Å². The number of carbonyl (C=O) groups is 1. The summed E-state index contributed by atoms with van der Waals surface area (Å²) in [4.78, 5) is 13.4. The van der Waals surface area contributed by atoms with Gasteiger partial charge in [-0.1, -0.05) is 0 Å². The van der Waals surface area contributed by atoms with Gasteiger partial charge in [-0.25, -0.2) is 0 Å². The predicted octanol–water partition coefficient (Wildman–Crippen LogP) is -0.547. The number of morpholine rings is 1. The van der Waals surface area contributed by atoms with Crippen molar-refractivity contribution in [1.29, 1.82) is 0 Å². The maximum absolute atomic E-state index is 11.4. The van der Waals surface area contributed by atoms with Crippen LogP contribution in [0.2, 0.25) is 0 Å². The smallest absolute Gasteiger partial charge is 0.239 e. The molecule has 0 saturated carbocycles. The molecule has 1 unspecified atom stereocenters. The summed E-state index contributed by atoms with van der Waals surface area (Å²) in [7, 11) is 1.95. The Morgan fingerprint density at radius 2 is 2.50 bits per heavy atom. The van der Waals surface area contributed by atoms with Crippen LogP contribution in [0.1, 0.15) is 6.92 Å². The van der Waals surface area contributed by atoms with Crippen LogP contribution in [0.4, 0.5) is 0 Å². The fraction of sp³-hybridized carbons (Fsp3) is 0.875. The van der Waals surface area contributed by atoms with Crippen LogP contribution in [-0.4, -0.2) is 50.2 Å². The van der Waals surface area contributed by atoms with Crippen molar-refractivity contribution < 1.29 is 9.53 Å². The van der Waals surface area contributed by atoms with Gasteiger partial charge in [0.25, 0.3) is 0 Å². The molecule has 1 heterocycles. The largest absolute Gasteiger partial charge is 0.378 e. The molecule has 1 amide bonds. The first-order valence-corrected chi connectivity index (χ1v) is 4.31. The van der Waals surface area contributed by atoms with Crippen LogP contribution in [0.3, 0.4) is 0 Å². The maximum Gasteiger partial charge on any atom is 0.239 e. The van der Waals surface area contributed by atoms with E-state index in [2.05, 4.69) is 5.32 Å². The molecule has 1 fully saturated rings. The highest BCUT2D eigenvalue weighted by molar-refractivity contribution is 5.81. The molecule has 1 atom stereocenters. The van der Waals surface area contributed by atoms with Crippen LogP contribution in [0, 0.1) is 0 Å². The molecule has 0 aromatic carbocycles. The van der Waals surface area contributed by atoms with E-state index in [0.29, 0.717) is 13.2 Å². The molecule has 0 spiro atoms. The fourth-order valence-electron chi connectivity index (χ4n) is 1.25. The van der Waals surface area contributed by atoms with Crippen molar-refractivity contribution >= 4 is 5.91 Å². The summed E-state index contributed by atoms with van der Waals surface area (Å²) < 4.78 is 5.22. The lowest BCUT2D eigenvalue weighted by Gasteiger charge is -2.30. The van der Waals surface area contributed by atoms with Crippen molar-refractivity contribution in [1.82, 2.24) is 10.2 Å². The Bertz CT molecular complexity index is 161. The van der Waals surface area contributed by atoms with E-state index >= 15 is 0 Å². The third-order valence-electron chi connectivity index (χ3n) is 2.05. The second-order valence-electron chi connectivity index (χ2n) is 2.97. The lowest BCUT2D eigenvalue weighted by Crippen LogP contribution is -2.51. The molecular formula is C8H16N2O2. The van der Waals surface area contributed by atoms with Gasteiger partial charge >= 0.3 is 0 Å². The molecular weight excluding hydrogens is 156 g/mol. The molecule has 0 radical (unpaired) electrons. The summed E-state index contributed by atoms with van der Waals surface area (Å²) in [5.74, 6) is 0.0692. The van der Waals surface area contributed by atoms with Crippen LogP contribution < -0.4 is 5.32 Å². The molecule has 1 aliphatic heterocycles. The second-order valence-corrected chi connectivity index (χ2v) is 2.97. The Kier molecular flexibility index (Phi) is 3.49. The molecule has 0 aromatic heterocycles. The first-order valence-electron chi connectivity index (χ1n) is 4.31. The Balaban J connectivity index is 2.42. The minimum atomic E-state index is -0.0984. The highest BCUT2D eigenvalue weighted by atomic mass is 16.5. The second kappa shape index (κ2) is 4.42. The predicted molar refractivity (Wildman–Crippen MR) is 45.9 cm³/mol. The van der Waals surface area contributed by atoms with Gasteiger partial charge in [-0.3, -0.25) is 9.69 Å². The molecule has 1 rings (SSSR count). The molecule has 4 heteroatoms.